The molecule has 3 heterocycles. The van der Waals surface area contributed by atoms with Gasteiger partial charge in [-0.2, -0.15) is 4.98 Å². The largest absolute Gasteiger partial charge is 0.341 e. The monoisotopic (exact) mass is 558 g/mol. The lowest BCUT2D eigenvalue weighted by Crippen LogP contribution is -2.35. The number of amides is 1. The molecule has 5 rings (SSSR count). The van der Waals surface area contributed by atoms with Gasteiger partial charge in [-0.1, -0.05) is 26.0 Å². The summed E-state index contributed by atoms with van der Waals surface area (Å²) in [6.45, 7) is 10.3. The number of nitrogens with zero attached hydrogens (tertiary/aromatic N) is 5. The molecule has 7 nitrogen and oxygen atoms in total. The number of anilines is 3. The van der Waals surface area contributed by atoms with Crippen LogP contribution in [0.2, 0.25) is 0 Å². The third-order valence-corrected chi connectivity index (χ3v) is 7.89. The minimum absolute atomic E-state index is 0.0377. The molecule has 0 spiro atoms. The number of aliphatic imine (C=N–C) groups is 1. The molecule has 1 N–H and O–H groups in total. The Morgan fingerprint density at radius 2 is 1.95 bits per heavy atom. The first kappa shape index (κ1) is 28.4. The highest BCUT2D eigenvalue weighted by molar-refractivity contribution is 6.36. The number of halogens is 2. The maximum Gasteiger partial charge on any atom is 0.255 e. The summed E-state index contributed by atoms with van der Waals surface area (Å²) in [5, 5.41) is 2.68. The summed E-state index contributed by atoms with van der Waals surface area (Å²) in [4.78, 5) is 31.6. The number of hydrogen-bond acceptors (Lipinski definition) is 6. The zero-order valence-corrected chi connectivity index (χ0v) is 24.4. The minimum Gasteiger partial charge on any atom is -0.341 e. The Labute approximate surface area is 240 Å². The molecule has 0 atom stereocenters. The van der Waals surface area contributed by atoms with E-state index in [2.05, 4.69) is 33.9 Å². The highest BCUT2D eigenvalue weighted by Crippen LogP contribution is 2.38. The summed E-state index contributed by atoms with van der Waals surface area (Å²) in [5.74, 6) is 1.16. The summed E-state index contributed by atoms with van der Waals surface area (Å²) in [7, 11) is 2.02. The highest BCUT2D eigenvalue weighted by atomic mass is 19.1. The molecule has 0 saturated carbocycles. The van der Waals surface area contributed by atoms with Crippen molar-refractivity contribution in [2.75, 3.05) is 35.3 Å². The molecule has 41 heavy (non-hydrogen) atoms. The number of carbonyl (C=O) groups is 1. The van der Waals surface area contributed by atoms with Gasteiger partial charge in [-0.15, -0.1) is 0 Å². The molecule has 0 saturated heterocycles. The fourth-order valence-corrected chi connectivity index (χ4v) is 5.45. The van der Waals surface area contributed by atoms with Gasteiger partial charge < -0.3 is 15.1 Å². The lowest BCUT2D eigenvalue weighted by atomic mass is 9.94. The van der Waals surface area contributed by atoms with Gasteiger partial charge in [-0.25, -0.2) is 13.8 Å². The number of aryl methyl sites for hydroxylation is 1. The van der Waals surface area contributed by atoms with E-state index in [1.807, 2.05) is 26.2 Å². The predicted molar refractivity (Wildman–Crippen MR) is 162 cm³/mol. The molecule has 2 aliphatic rings. The second kappa shape index (κ2) is 11.0. The Morgan fingerprint density at radius 1 is 1.20 bits per heavy atom. The first-order valence-corrected chi connectivity index (χ1v) is 14.1. The van der Waals surface area contributed by atoms with Crippen molar-refractivity contribution in [1.29, 1.82) is 0 Å². The SMILES string of the molecule is CCC(CC)N(C)c1ncc2c(n1)N1CCN=C1C(c1cc(NC(=O)c3cccc(C(C)(C)F)c3)c(F)cc1C)=C2. The van der Waals surface area contributed by atoms with Gasteiger partial charge in [-0.3, -0.25) is 9.79 Å². The van der Waals surface area contributed by atoms with Crippen LogP contribution < -0.4 is 15.1 Å². The molecule has 1 aromatic heterocycles. The number of benzene rings is 2. The fourth-order valence-electron chi connectivity index (χ4n) is 5.45. The van der Waals surface area contributed by atoms with Crippen LogP contribution >= 0.6 is 0 Å². The van der Waals surface area contributed by atoms with E-state index in [-0.39, 0.29) is 11.3 Å². The van der Waals surface area contributed by atoms with E-state index in [1.54, 1.807) is 24.3 Å². The summed E-state index contributed by atoms with van der Waals surface area (Å²) < 4.78 is 29.6. The zero-order chi connectivity index (χ0) is 29.5. The molecule has 0 fully saturated rings. The van der Waals surface area contributed by atoms with Crippen molar-refractivity contribution in [1.82, 2.24) is 9.97 Å². The van der Waals surface area contributed by atoms with Crippen molar-refractivity contribution >= 4 is 40.8 Å². The number of fused-ring (bicyclic) bond motifs is 3. The minimum atomic E-state index is -1.61. The van der Waals surface area contributed by atoms with E-state index in [0.29, 0.717) is 36.2 Å². The topological polar surface area (TPSA) is 73.7 Å². The van der Waals surface area contributed by atoms with Crippen LogP contribution in [0.3, 0.4) is 0 Å². The maximum atomic E-state index is 15.1. The molecular weight excluding hydrogens is 522 g/mol. The average molecular weight is 559 g/mol. The van der Waals surface area contributed by atoms with Crippen molar-refractivity contribution in [3.8, 4) is 0 Å². The average Bonchev–Trinajstić information content (AvgIpc) is 3.45. The Morgan fingerprint density at radius 3 is 2.66 bits per heavy atom. The van der Waals surface area contributed by atoms with Gasteiger partial charge in [0, 0.05) is 42.5 Å². The van der Waals surface area contributed by atoms with Gasteiger partial charge in [0.05, 0.1) is 12.2 Å². The molecule has 3 aromatic rings. The van der Waals surface area contributed by atoms with E-state index in [4.69, 9.17) is 9.98 Å². The zero-order valence-electron chi connectivity index (χ0n) is 24.4. The van der Waals surface area contributed by atoms with Crippen molar-refractivity contribution in [2.24, 2.45) is 4.99 Å². The number of aromatic nitrogens is 2. The summed E-state index contributed by atoms with van der Waals surface area (Å²) in [5.41, 5.74) is 2.17. The van der Waals surface area contributed by atoms with Crippen LogP contribution in [0.25, 0.3) is 11.6 Å². The highest BCUT2D eigenvalue weighted by Gasteiger charge is 2.32. The van der Waals surface area contributed by atoms with Gasteiger partial charge in [-0.05, 0) is 80.6 Å². The van der Waals surface area contributed by atoms with Crippen molar-refractivity contribution in [3.63, 3.8) is 0 Å². The van der Waals surface area contributed by atoms with E-state index in [0.717, 1.165) is 41.2 Å². The van der Waals surface area contributed by atoms with Crippen LogP contribution in [-0.2, 0) is 5.67 Å². The van der Waals surface area contributed by atoms with E-state index in [9.17, 15) is 9.18 Å². The normalized spacial score (nSPS) is 14.4. The molecule has 2 aromatic carbocycles. The van der Waals surface area contributed by atoms with Crippen molar-refractivity contribution in [2.45, 2.75) is 59.2 Å². The molecule has 1 amide bonds. The first-order chi connectivity index (χ1) is 19.5. The molecule has 2 aliphatic heterocycles. The van der Waals surface area contributed by atoms with Gasteiger partial charge in [0.2, 0.25) is 5.95 Å². The fraction of sp³-hybridized carbons (Fsp3) is 0.375. The van der Waals surface area contributed by atoms with Crippen LogP contribution in [0.1, 0.15) is 73.1 Å². The molecule has 0 bridgehead atoms. The lowest BCUT2D eigenvalue weighted by molar-refractivity contribution is 0.102. The van der Waals surface area contributed by atoms with Crippen molar-refractivity contribution in [3.05, 3.63) is 76.2 Å². The summed E-state index contributed by atoms with van der Waals surface area (Å²) in [6.07, 6.45) is 5.80. The maximum absolute atomic E-state index is 15.1. The second-order valence-corrected chi connectivity index (χ2v) is 11.1. The molecule has 9 heteroatoms. The Bertz CT molecular complexity index is 1550. The Hall–Kier alpha value is -4.14. The lowest BCUT2D eigenvalue weighted by Gasteiger charge is -2.31. The first-order valence-electron chi connectivity index (χ1n) is 14.1. The summed E-state index contributed by atoms with van der Waals surface area (Å²) in [6, 6.07) is 9.70. The van der Waals surface area contributed by atoms with E-state index in [1.165, 1.54) is 26.0 Å². The smallest absolute Gasteiger partial charge is 0.255 e. The third kappa shape index (κ3) is 5.45. The van der Waals surface area contributed by atoms with E-state index < -0.39 is 17.4 Å². The van der Waals surface area contributed by atoms with E-state index >= 15 is 4.39 Å². The number of hydrogen-bond donors (Lipinski definition) is 1. The van der Waals surface area contributed by atoms with Crippen molar-refractivity contribution < 1.29 is 13.6 Å². The third-order valence-electron chi connectivity index (χ3n) is 7.89. The second-order valence-electron chi connectivity index (χ2n) is 11.1. The Balaban J connectivity index is 1.51. The number of amidine groups is 1. The quantitative estimate of drug-likeness (QED) is 0.330. The predicted octanol–water partition coefficient (Wildman–Crippen LogP) is 6.78. The van der Waals surface area contributed by atoms with Gasteiger partial charge in [0.15, 0.2) is 0 Å². The number of rotatable bonds is 8. The van der Waals surface area contributed by atoms with Crippen LogP contribution in [0.5, 0.6) is 0 Å². The molecule has 0 radical (unpaired) electrons. The standard InChI is InChI=1S/C32H36F2N6O/c1-7-23(8-2)39(6)31-36-18-21-16-25(29-35-12-13-40(29)28(21)38-31)24-17-27(26(33)14-19(24)3)37-30(41)20-10-9-11-22(15-20)32(4,5)34/h9-11,14-18,23H,7-8,12-13H2,1-6H3,(H,37,41). The number of carbonyl (C=O) groups excluding carboxylic acids is 1. The van der Waals surface area contributed by atoms with Crippen LogP contribution in [0.15, 0.2) is 47.6 Å². The molecular formula is C32H36F2N6O. The molecule has 0 unspecified atom stereocenters. The summed E-state index contributed by atoms with van der Waals surface area (Å²) >= 11 is 0. The van der Waals surface area contributed by atoms with Gasteiger partial charge >= 0.3 is 0 Å². The number of alkyl halides is 1. The number of nitrogens with one attached hydrogen (secondary N) is 1. The Kier molecular flexibility index (Phi) is 7.64. The molecule has 214 valence electrons. The molecule has 0 aliphatic carbocycles. The van der Waals surface area contributed by atoms with Crippen LogP contribution in [0, 0.1) is 12.7 Å². The van der Waals surface area contributed by atoms with Gasteiger partial charge in [0.1, 0.15) is 23.1 Å². The van der Waals surface area contributed by atoms with Crippen LogP contribution in [0.4, 0.5) is 26.2 Å². The van der Waals surface area contributed by atoms with Crippen LogP contribution in [-0.4, -0.2) is 47.9 Å². The van der Waals surface area contributed by atoms with Gasteiger partial charge in [0.25, 0.3) is 5.91 Å².